The van der Waals surface area contributed by atoms with Crippen molar-refractivity contribution >= 4 is 48.8 Å². The molecular weight excluding hydrogens is 311 g/mol. The molecule has 0 amide bonds. The molecule has 0 aliphatic carbocycles. The molecule has 1 rings (SSSR count). The number of rotatable bonds is 5. The Morgan fingerprint density at radius 2 is 2.18 bits per heavy atom. The van der Waals surface area contributed by atoms with Crippen molar-refractivity contribution in [2.75, 3.05) is 11.5 Å². The molecule has 0 saturated heterocycles. The first kappa shape index (κ1) is 14.5. The Bertz CT molecular complexity index is 535. The third-order valence-corrected chi connectivity index (χ3v) is 4.18. The molecule has 0 radical (unpaired) electrons. The maximum atomic E-state index is 10.7. The lowest BCUT2D eigenvalue weighted by atomic mass is 10.4. The van der Waals surface area contributed by atoms with E-state index in [2.05, 4.69) is 4.98 Å². The van der Waals surface area contributed by atoms with Crippen LogP contribution in [0.5, 0.6) is 0 Å². The van der Waals surface area contributed by atoms with Crippen LogP contribution in [0.4, 0.5) is 5.69 Å². The third-order valence-electron chi connectivity index (χ3n) is 1.56. The standard InChI is InChI=1S/C7H6Cl2N2O4S2/c8-5-3-6(11(12)13)7(10-4-5)16-1-2-17(9,14)15/h3-4H,1-2H2. The third kappa shape index (κ3) is 5.07. The summed E-state index contributed by atoms with van der Waals surface area (Å²) in [5.41, 5.74) is -0.255. The lowest BCUT2D eigenvalue weighted by molar-refractivity contribution is -0.388. The number of pyridine rings is 1. The van der Waals surface area contributed by atoms with E-state index in [0.717, 1.165) is 17.8 Å². The van der Waals surface area contributed by atoms with E-state index in [1.165, 1.54) is 6.20 Å². The molecule has 0 bridgehead atoms. The van der Waals surface area contributed by atoms with E-state index in [-0.39, 0.29) is 27.2 Å². The molecule has 0 aromatic carbocycles. The molecule has 10 heteroatoms. The highest BCUT2D eigenvalue weighted by atomic mass is 35.7. The van der Waals surface area contributed by atoms with E-state index in [1.54, 1.807) is 0 Å². The fourth-order valence-electron chi connectivity index (χ4n) is 0.896. The van der Waals surface area contributed by atoms with Crippen molar-refractivity contribution < 1.29 is 13.3 Å². The van der Waals surface area contributed by atoms with Gasteiger partial charge in [0, 0.05) is 28.7 Å². The summed E-state index contributed by atoms with van der Waals surface area (Å²) >= 11 is 6.51. The zero-order valence-electron chi connectivity index (χ0n) is 8.17. The minimum Gasteiger partial charge on any atom is -0.258 e. The van der Waals surface area contributed by atoms with E-state index in [0.29, 0.717) is 0 Å². The number of nitro groups is 1. The van der Waals surface area contributed by atoms with Gasteiger partial charge in [-0.05, 0) is 0 Å². The van der Waals surface area contributed by atoms with Crippen LogP contribution in [0.1, 0.15) is 0 Å². The Kier molecular flexibility index (Phi) is 4.99. The second-order valence-corrected chi connectivity index (χ2v) is 7.24. The first-order valence-electron chi connectivity index (χ1n) is 4.14. The Morgan fingerprint density at radius 1 is 1.53 bits per heavy atom. The van der Waals surface area contributed by atoms with Crippen molar-refractivity contribution in [3.05, 3.63) is 27.4 Å². The first-order valence-corrected chi connectivity index (χ1v) is 7.99. The van der Waals surface area contributed by atoms with E-state index >= 15 is 0 Å². The van der Waals surface area contributed by atoms with Crippen molar-refractivity contribution in [2.24, 2.45) is 0 Å². The van der Waals surface area contributed by atoms with Crippen LogP contribution in [-0.4, -0.2) is 29.8 Å². The van der Waals surface area contributed by atoms with Crippen LogP contribution in [0.2, 0.25) is 5.02 Å². The molecule has 0 N–H and O–H groups in total. The van der Waals surface area contributed by atoms with Crippen LogP contribution in [0.25, 0.3) is 0 Å². The first-order chi connectivity index (χ1) is 7.79. The average Bonchev–Trinajstić information content (AvgIpc) is 2.18. The zero-order valence-corrected chi connectivity index (χ0v) is 11.3. The summed E-state index contributed by atoms with van der Waals surface area (Å²) in [6.45, 7) is 0. The van der Waals surface area contributed by atoms with Crippen LogP contribution in [0.15, 0.2) is 17.3 Å². The molecule has 0 unspecified atom stereocenters. The highest BCUT2D eigenvalue weighted by molar-refractivity contribution is 8.14. The van der Waals surface area contributed by atoms with Gasteiger partial charge in [0.1, 0.15) is 0 Å². The second kappa shape index (κ2) is 5.85. The Balaban J connectivity index is 2.81. The predicted octanol–water partition coefficient (Wildman–Crippen LogP) is 2.30. The summed E-state index contributed by atoms with van der Waals surface area (Å²) in [6, 6.07) is 1.16. The number of thioether (sulfide) groups is 1. The van der Waals surface area contributed by atoms with Gasteiger partial charge in [0.25, 0.3) is 0 Å². The van der Waals surface area contributed by atoms with Crippen LogP contribution >= 0.6 is 34.0 Å². The maximum Gasteiger partial charge on any atom is 0.302 e. The summed E-state index contributed by atoms with van der Waals surface area (Å²) in [7, 11) is 1.40. The van der Waals surface area contributed by atoms with Crippen LogP contribution < -0.4 is 0 Å². The quantitative estimate of drug-likeness (QED) is 0.358. The van der Waals surface area contributed by atoms with Crippen molar-refractivity contribution in [2.45, 2.75) is 5.03 Å². The summed E-state index contributed by atoms with van der Waals surface area (Å²) < 4.78 is 21.3. The van der Waals surface area contributed by atoms with E-state index in [9.17, 15) is 18.5 Å². The molecule has 0 aliphatic rings. The summed E-state index contributed by atoms with van der Waals surface area (Å²) in [5, 5.41) is 10.9. The molecule has 0 atom stereocenters. The molecule has 1 aromatic heterocycles. The zero-order chi connectivity index (χ0) is 13.1. The van der Waals surface area contributed by atoms with Crippen molar-refractivity contribution in [3.8, 4) is 0 Å². The Labute approximate surface area is 111 Å². The van der Waals surface area contributed by atoms with E-state index < -0.39 is 14.0 Å². The van der Waals surface area contributed by atoms with Crippen LogP contribution in [0.3, 0.4) is 0 Å². The fourth-order valence-corrected chi connectivity index (χ4v) is 3.35. The van der Waals surface area contributed by atoms with Gasteiger partial charge in [-0.1, -0.05) is 23.4 Å². The molecule has 0 fully saturated rings. The molecule has 0 spiro atoms. The smallest absolute Gasteiger partial charge is 0.258 e. The predicted molar refractivity (Wildman–Crippen MR) is 66.3 cm³/mol. The Hall–Kier alpha value is -0.570. The highest BCUT2D eigenvalue weighted by Gasteiger charge is 2.17. The summed E-state index contributed by atoms with van der Waals surface area (Å²) in [6.07, 6.45) is 1.26. The number of halogens is 2. The maximum absolute atomic E-state index is 10.7. The van der Waals surface area contributed by atoms with Gasteiger partial charge in [-0.3, -0.25) is 10.1 Å². The van der Waals surface area contributed by atoms with Gasteiger partial charge in [0.15, 0.2) is 5.03 Å². The molecule has 0 saturated carbocycles. The molecule has 17 heavy (non-hydrogen) atoms. The van der Waals surface area contributed by atoms with Gasteiger partial charge in [-0.25, -0.2) is 13.4 Å². The fraction of sp³-hybridized carbons (Fsp3) is 0.286. The Morgan fingerprint density at radius 3 is 2.71 bits per heavy atom. The molecule has 94 valence electrons. The number of aromatic nitrogens is 1. The monoisotopic (exact) mass is 316 g/mol. The van der Waals surface area contributed by atoms with Crippen molar-refractivity contribution in [1.29, 1.82) is 0 Å². The summed E-state index contributed by atoms with van der Waals surface area (Å²) in [5.74, 6) is -0.206. The number of hydrogen-bond acceptors (Lipinski definition) is 6. The largest absolute Gasteiger partial charge is 0.302 e. The van der Waals surface area contributed by atoms with E-state index in [4.69, 9.17) is 22.3 Å². The molecule has 1 aromatic rings. The van der Waals surface area contributed by atoms with Gasteiger partial charge >= 0.3 is 5.69 Å². The topological polar surface area (TPSA) is 90.2 Å². The lowest BCUT2D eigenvalue weighted by Gasteiger charge is -2.01. The second-order valence-electron chi connectivity index (χ2n) is 2.83. The van der Waals surface area contributed by atoms with Gasteiger partial charge in [0.05, 0.1) is 15.7 Å². The van der Waals surface area contributed by atoms with Crippen LogP contribution in [0, 0.1) is 10.1 Å². The normalized spacial score (nSPS) is 11.4. The van der Waals surface area contributed by atoms with Crippen LogP contribution in [-0.2, 0) is 9.05 Å². The lowest BCUT2D eigenvalue weighted by Crippen LogP contribution is -2.01. The molecule has 0 aliphatic heterocycles. The molecular formula is C7H6Cl2N2O4S2. The summed E-state index contributed by atoms with van der Waals surface area (Å²) in [4.78, 5) is 13.8. The van der Waals surface area contributed by atoms with E-state index in [1.807, 2.05) is 0 Å². The molecule has 1 heterocycles. The minimum atomic E-state index is -3.61. The van der Waals surface area contributed by atoms with Gasteiger partial charge in [-0.15, -0.1) is 0 Å². The van der Waals surface area contributed by atoms with Gasteiger partial charge in [-0.2, -0.15) is 0 Å². The highest BCUT2D eigenvalue weighted by Crippen LogP contribution is 2.29. The van der Waals surface area contributed by atoms with Crippen molar-refractivity contribution in [3.63, 3.8) is 0 Å². The minimum absolute atomic E-state index is 0.0846. The van der Waals surface area contributed by atoms with Gasteiger partial charge < -0.3 is 0 Å². The van der Waals surface area contributed by atoms with Crippen molar-refractivity contribution in [1.82, 2.24) is 4.98 Å². The number of nitrogens with zero attached hydrogens (tertiary/aromatic N) is 2. The SMILES string of the molecule is O=[N+]([O-])c1cc(Cl)cnc1SCCS(=O)(=O)Cl. The average molecular weight is 317 g/mol. The number of hydrogen-bond donors (Lipinski definition) is 0. The molecule has 6 nitrogen and oxygen atoms in total. The van der Waals surface area contributed by atoms with Gasteiger partial charge in [0.2, 0.25) is 9.05 Å².